The van der Waals surface area contributed by atoms with E-state index < -0.39 is 17.3 Å². The van der Waals surface area contributed by atoms with Crippen LogP contribution in [0.25, 0.3) is 0 Å². The van der Waals surface area contributed by atoms with Crippen LogP contribution in [-0.2, 0) is 0 Å². The molecule has 2 nitrogen and oxygen atoms in total. The first-order valence-corrected chi connectivity index (χ1v) is 4.18. The standard InChI is InChI=1S/C9H8ClFO2/c1-5-2-3-6(7(12)4-10)8(11)9(5)13/h2-3,13H,4H2,1H3. The smallest absolute Gasteiger partial charge is 0.180 e. The van der Waals surface area contributed by atoms with E-state index in [1.54, 1.807) is 6.92 Å². The predicted molar refractivity (Wildman–Crippen MR) is 47.9 cm³/mol. The van der Waals surface area contributed by atoms with Crippen molar-refractivity contribution in [1.29, 1.82) is 0 Å². The number of hydrogen-bond acceptors (Lipinski definition) is 2. The summed E-state index contributed by atoms with van der Waals surface area (Å²) in [4.78, 5) is 11.0. The second kappa shape index (κ2) is 3.75. The predicted octanol–water partition coefficient (Wildman–Crippen LogP) is 2.26. The highest BCUT2D eigenvalue weighted by Gasteiger charge is 2.15. The van der Waals surface area contributed by atoms with E-state index in [2.05, 4.69) is 0 Å². The SMILES string of the molecule is Cc1ccc(C(=O)CCl)c(F)c1O. The number of halogens is 2. The fourth-order valence-electron chi connectivity index (χ4n) is 0.948. The molecular weight excluding hydrogens is 195 g/mol. The molecule has 0 aliphatic rings. The van der Waals surface area contributed by atoms with Gasteiger partial charge >= 0.3 is 0 Å². The highest BCUT2D eigenvalue weighted by atomic mass is 35.5. The molecular formula is C9H8ClFO2. The Bertz CT molecular complexity index is 350. The normalized spacial score (nSPS) is 10.1. The molecule has 0 radical (unpaired) electrons. The van der Waals surface area contributed by atoms with E-state index in [9.17, 15) is 9.18 Å². The van der Waals surface area contributed by atoms with Crippen molar-refractivity contribution in [3.05, 3.63) is 29.1 Å². The lowest BCUT2D eigenvalue weighted by atomic mass is 10.1. The Balaban J connectivity index is 3.26. The number of alkyl halides is 1. The molecule has 4 heteroatoms. The minimum atomic E-state index is -0.898. The lowest BCUT2D eigenvalue weighted by Gasteiger charge is -2.03. The highest BCUT2D eigenvalue weighted by molar-refractivity contribution is 6.30. The van der Waals surface area contributed by atoms with Crippen LogP contribution < -0.4 is 0 Å². The first-order valence-electron chi connectivity index (χ1n) is 3.65. The molecule has 0 fully saturated rings. The van der Waals surface area contributed by atoms with Gasteiger partial charge in [-0.25, -0.2) is 4.39 Å². The summed E-state index contributed by atoms with van der Waals surface area (Å²) in [6.45, 7) is 1.55. The number of carbonyl (C=O) groups excluding carboxylic acids is 1. The van der Waals surface area contributed by atoms with Crippen LogP contribution in [0.3, 0.4) is 0 Å². The zero-order chi connectivity index (χ0) is 10.0. The summed E-state index contributed by atoms with van der Waals surface area (Å²) < 4.78 is 13.2. The van der Waals surface area contributed by atoms with Crippen LogP contribution in [0.2, 0.25) is 0 Å². The van der Waals surface area contributed by atoms with Crippen LogP contribution in [-0.4, -0.2) is 16.8 Å². The number of benzene rings is 1. The number of rotatable bonds is 2. The third kappa shape index (κ3) is 1.80. The van der Waals surface area contributed by atoms with E-state index in [0.717, 1.165) is 0 Å². The van der Waals surface area contributed by atoms with Crippen LogP contribution in [0.4, 0.5) is 4.39 Å². The van der Waals surface area contributed by atoms with Gasteiger partial charge in [0.05, 0.1) is 11.4 Å². The molecule has 0 saturated heterocycles. The van der Waals surface area contributed by atoms with Crippen molar-refractivity contribution >= 4 is 17.4 Å². The molecule has 0 atom stereocenters. The van der Waals surface area contributed by atoms with Crippen LogP contribution in [0, 0.1) is 12.7 Å². The Morgan fingerprint density at radius 2 is 2.23 bits per heavy atom. The molecule has 0 unspecified atom stereocenters. The number of aryl methyl sites for hydroxylation is 1. The second-order valence-electron chi connectivity index (χ2n) is 2.65. The van der Waals surface area contributed by atoms with Crippen LogP contribution in [0.5, 0.6) is 5.75 Å². The molecule has 0 aliphatic heterocycles. The summed E-state index contributed by atoms with van der Waals surface area (Å²) in [5, 5.41) is 9.16. The molecule has 1 aromatic rings. The number of hydrogen-bond donors (Lipinski definition) is 1. The number of carbonyl (C=O) groups is 1. The van der Waals surface area contributed by atoms with Gasteiger partial charge in [0.15, 0.2) is 17.3 Å². The van der Waals surface area contributed by atoms with Gasteiger partial charge in [-0.1, -0.05) is 6.07 Å². The maximum Gasteiger partial charge on any atom is 0.180 e. The molecule has 0 heterocycles. The number of phenols is 1. The summed E-state index contributed by atoms with van der Waals surface area (Å²) in [7, 11) is 0. The molecule has 1 aromatic carbocycles. The molecule has 0 saturated carbocycles. The molecule has 0 amide bonds. The third-order valence-electron chi connectivity index (χ3n) is 1.74. The van der Waals surface area contributed by atoms with Gasteiger partial charge < -0.3 is 5.11 Å². The summed E-state index contributed by atoms with van der Waals surface area (Å²) in [5.41, 5.74) is 0.224. The molecule has 0 aromatic heterocycles. The van der Waals surface area contributed by atoms with Crippen molar-refractivity contribution in [2.75, 3.05) is 5.88 Å². The maximum absolute atomic E-state index is 13.2. The first kappa shape index (κ1) is 9.99. The molecule has 1 rings (SSSR count). The number of Topliss-reactive ketones (excluding diaryl/α,β-unsaturated/α-hetero) is 1. The van der Waals surface area contributed by atoms with E-state index in [1.165, 1.54) is 12.1 Å². The van der Waals surface area contributed by atoms with Crippen molar-refractivity contribution in [2.24, 2.45) is 0 Å². The topological polar surface area (TPSA) is 37.3 Å². The Hall–Kier alpha value is -1.09. The average Bonchev–Trinajstić information content (AvgIpc) is 2.13. The van der Waals surface area contributed by atoms with Gasteiger partial charge in [0.2, 0.25) is 0 Å². The number of aromatic hydroxyl groups is 1. The monoisotopic (exact) mass is 202 g/mol. The van der Waals surface area contributed by atoms with E-state index >= 15 is 0 Å². The fourth-order valence-corrected chi connectivity index (χ4v) is 1.09. The van der Waals surface area contributed by atoms with Gasteiger partial charge in [0.25, 0.3) is 0 Å². The number of ketones is 1. The Morgan fingerprint density at radius 3 is 2.77 bits per heavy atom. The minimum absolute atomic E-state index is 0.168. The van der Waals surface area contributed by atoms with E-state index in [-0.39, 0.29) is 11.4 Å². The summed E-state index contributed by atoms with van der Waals surface area (Å²) in [6, 6.07) is 2.79. The Kier molecular flexibility index (Phi) is 2.88. The third-order valence-corrected chi connectivity index (χ3v) is 1.98. The van der Waals surface area contributed by atoms with Crippen molar-refractivity contribution < 1.29 is 14.3 Å². The Morgan fingerprint density at radius 1 is 1.62 bits per heavy atom. The zero-order valence-electron chi connectivity index (χ0n) is 6.97. The van der Waals surface area contributed by atoms with Crippen molar-refractivity contribution in [3.63, 3.8) is 0 Å². The fraction of sp³-hybridized carbons (Fsp3) is 0.222. The van der Waals surface area contributed by atoms with Gasteiger partial charge in [-0.2, -0.15) is 0 Å². The lowest BCUT2D eigenvalue weighted by molar-refractivity contribution is 0.101. The van der Waals surface area contributed by atoms with Crippen LogP contribution in [0.1, 0.15) is 15.9 Å². The largest absolute Gasteiger partial charge is 0.505 e. The van der Waals surface area contributed by atoms with Crippen molar-refractivity contribution in [1.82, 2.24) is 0 Å². The maximum atomic E-state index is 13.2. The van der Waals surface area contributed by atoms with E-state index in [4.69, 9.17) is 16.7 Å². The van der Waals surface area contributed by atoms with Crippen molar-refractivity contribution in [2.45, 2.75) is 6.92 Å². The van der Waals surface area contributed by atoms with E-state index in [0.29, 0.717) is 5.56 Å². The van der Waals surface area contributed by atoms with Gasteiger partial charge in [-0.15, -0.1) is 11.6 Å². The molecule has 0 aliphatic carbocycles. The van der Waals surface area contributed by atoms with Crippen molar-refractivity contribution in [3.8, 4) is 5.75 Å². The summed E-state index contributed by atoms with van der Waals surface area (Å²) >= 11 is 5.25. The summed E-state index contributed by atoms with van der Waals surface area (Å²) in [6.07, 6.45) is 0. The molecule has 70 valence electrons. The molecule has 0 bridgehead atoms. The first-order chi connectivity index (χ1) is 6.07. The summed E-state index contributed by atoms with van der Waals surface area (Å²) in [5.74, 6) is -2.21. The van der Waals surface area contributed by atoms with Gasteiger partial charge in [-0.3, -0.25) is 4.79 Å². The van der Waals surface area contributed by atoms with Gasteiger partial charge in [-0.05, 0) is 18.6 Å². The molecule has 1 N–H and O–H groups in total. The van der Waals surface area contributed by atoms with Gasteiger partial charge in [0.1, 0.15) is 0 Å². The second-order valence-corrected chi connectivity index (χ2v) is 2.92. The minimum Gasteiger partial charge on any atom is -0.505 e. The molecule has 0 spiro atoms. The average molecular weight is 203 g/mol. The number of phenolic OH excluding ortho intramolecular Hbond substituents is 1. The quantitative estimate of drug-likeness (QED) is 0.590. The highest BCUT2D eigenvalue weighted by Crippen LogP contribution is 2.23. The van der Waals surface area contributed by atoms with Crippen LogP contribution >= 0.6 is 11.6 Å². The Labute approximate surface area is 80.0 Å². The molecule has 13 heavy (non-hydrogen) atoms. The lowest BCUT2D eigenvalue weighted by Crippen LogP contribution is -2.04. The van der Waals surface area contributed by atoms with Gasteiger partial charge in [0, 0.05) is 0 Å². The van der Waals surface area contributed by atoms with E-state index in [1.807, 2.05) is 0 Å². The van der Waals surface area contributed by atoms with Crippen LogP contribution in [0.15, 0.2) is 12.1 Å². The zero-order valence-corrected chi connectivity index (χ0v) is 7.73.